The van der Waals surface area contributed by atoms with Crippen molar-refractivity contribution >= 4 is 7.25 Å². The summed E-state index contributed by atoms with van der Waals surface area (Å²) < 4.78 is 39.0. The molecule has 0 heterocycles. The zero-order chi connectivity index (χ0) is 4.50. The molecule has 0 saturated carbocycles. The molecular weight excluding hydrogens is 259 g/mol. The predicted octanol–water partition coefficient (Wildman–Crippen LogP) is -4.47. The summed E-state index contributed by atoms with van der Waals surface area (Å²) in [6, 6.07) is 0. The first-order valence-corrected chi connectivity index (χ1v) is 0.873. The van der Waals surface area contributed by atoms with Crippen molar-refractivity contribution in [3.63, 3.8) is 0 Å². The largest absolute Gasteiger partial charge is 1.00 e. The van der Waals surface area contributed by atoms with E-state index in [1.807, 2.05) is 0 Å². The summed E-state index contributed by atoms with van der Waals surface area (Å²) in [5, 5.41) is 0. The molecule has 0 unspecified atom stereocenters. The van der Waals surface area contributed by atoms with Gasteiger partial charge in [0.15, 0.2) is 0 Å². The molecule has 0 nitrogen and oxygen atoms in total. The molecule has 0 aromatic heterocycles. The molecule has 0 aliphatic carbocycles. The maximum absolute atomic E-state index is 9.75. The molecule has 0 aromatic rings. The van der Waals surface area contributed by atoms with Gasteiger partial charge in [0.05, 0.1) is 0 Å². The molecule has 0 amide bonds. The van der Waals surface area contributed by atoms with Crippen LogP contribution in [0.2, 0.25) is 0 Å². The van der Waals surface area contributed by atoms with Gasteiger partial charge in [0.1, 0.15) is 0 Å². The van der Waals surface area contributed by atoms with Gasteiger partial charge in [-0.05, 0) is 0 Å². The minimum absolute atomic E-state index is 0. The average molecular weight is 261 g/mol. The third-order valence-electron chi connectivity index (χ3n) is 0. The molecule has 0 saturated heterocycles. The Morgan fingerprint density at radius 1 is 1.00 bits per heavy atom. The standard InChI is InChI=1S/BF4.Cs.K.2H/c2-1(3,4)5;;;;/q-1;2*+1;2*-1. The number of halogens is 4. The van der Waals surface area contributed by atoms with E-state index in [0.29, 0.717) is 0 Å². The summed E-state index contributed by atoms with van der Waals surface area (Å²) in [6.45, 7) is 0. The van der Waals surface area contributed by atoms with Crippen LogP contribution < -0.4 is 120 Å². The van der Waals surface area contributed by atoms with Gasteiger partial charge in [0.2, 0.25) is 0 Å². The third-order valence-corrected chi connectivity index (χ3v) is 0. The van der Waals surface area contributed by atoms with E-state index in [4.69, 9.17) is 0 Å². The normalized spacial score (nSPS) is 8.57. The molecule has 0 rings (SSSR count). The Labute approximate surface area is 143 Å². The minimum atomic E-state index is -6.00. The molecule has 0 aromatic carbocycles. The molecule has 7 heavy (non-hydrogen) atoms. The van der Waals surface area contributed by atoms with Gasteiger partial charge < -0.3 is 20.1 Å². The first-order valence-electron chi connectivity index (χ1n) is 0.873. The molecule has 0 radical (unpaired) electrons. The van der Waals surface area contributed by atoms with Gasteiger partial charge in [0, 0.05) is 0 Å². The van der Waals surface area contributed by atoms with Crippen molar-refractivity contribution < 1.29 is 140 Å². The van der Waals surface area contributed by atoms with Gasteiger partial charge in [-0.3, -0.25) is 0 Å². The van der Waals surface area contributed by atoms with Gasteiger partial charge in [-0.25, -0.2) is 0 Å². The second kappa shape index (κ2) is 7.58. The van der Waals surface area contributed by atoms with E-state index in [9.17, 15) is 17.3 Å². The van der Waals surface area contributed by atoms with Gasteiger partial charge in [-0.15, -0.1) is 0 Å². The first-order chi connectivity index (χ1) is 2.00. The van der Waals surface area contributed by atoms with Crippen molar-refractivity contribution in [2.24, 2.45) is 0 Å². The maximum atomic E-state index is 9.75. The number of hydrogen-bond donors (Lipinski definition) is 0. The Balaban J connectivity index is -0.0000000133. The third kappa shape index (κ3) is 43.9. The zero-order valence-corrected chi connectivity index (χ0v) is 13.5. The minimum Gasteiger partial charge on any atom is -1.00 e. The van der Waals surface area contributed by atoms with Gasteiger partial charge in [0.25, 0.3) is 0 Å². The molecule has 0 N–H and O–H groups in total. The van der Waals surface area contributed by atoms with Crippen molar-refractivity contribution in [1.29, 1.82) is 0 Å². The SMILES string of the molecule is F[B-](F)(F)F.[Cs+].[H-].[H-].[K+]. The van der Waals surface area contributed by atoms with Crippen LogP contribution in [0.3, 0.4) is 0 Å². The fourth-order valence-electron chi connectivity index (χ4n) is 0. The average Bonchev–Trinajstić information content (AvgIpc) is 0.722. The Hall–Kier alpha value is 3.47. The first kappa shape index (κ1) is 16.8. The number of rotatable bonds is 0. The second-order valence-corrected chi connectivity index (χ2v) is 0.495. The van der Waals surface area contributed by atoms with E-state index in [-0.39, 0.29) is 123 Å². The quantitative estimate of drug-likeness (QED) is 0.305. The van der Waals surface area contributed by atoms with Crippen LogP contribution in [-0.4, -0.2) is 7.25 Å². The summed E-state index contributed by atoms with van der Waals surface area (Å²) in [5.74, 6) is 0. The summed E-state index contributed by atoms with van der Waals surface area (Å²) in [4.78, 5) is 0. The molecule has 0 aliphatic rings. The van der Waals surface area contributed by atoms with E-state index in [1.54, 1.807) is 0 Å². The summed E-state index contributed by atoms with van der Waals surface area (Å²) in [6.07, 6.45) is 0. The van der Waals surface area contributed by atoms with Crippen molar-refractivity contribution in [2.45, 2.75) is 0 Å². The van der Waals surface area contributed by atoms with Gasteiger partial charge >= 0.3 is 128 Å². The smallest absolute Gasteiger partial charge is 1.00 e. The van der Waals surface area contributed by atoms with Crippen molar-refractivity contribution in [2.75, 3.05) is 0 Å². The van der Waals surface area contributed by atoms with Gasteiger partial charge in [-0.1, -0.05) is 0 Å². The molecule has 0 spiro atoms. The molecule has 0 atom stereocenters. The fraction of sp³-hybridized carbons (Fsp3) is 0. The van der Waals surface area contributed by atoms with E-state index in [0.717, 1.165) is 0 Å². The molecule has 0 bridgehead atoms. The monoisotopic (exact) mass is 261 g/mol. The Bertz CT molecular complexity index is 34.0. The van der Waals surface area contributed by atoms with Gasteiger partial charge in [-0.2, -0.15) is 0 Å². The number of hydrogen-bond acceptors (Lipinski definition) is 0. The topological polar surface area (TPSA) is 0 Å². The maximum Gasteiger partial charge on any atom is 1.00 e. The van der Waals surface area contributed by atoms with Crippen LogP contribution in [-0.2, 0) is 0 Å². The van der Waals surface area contributed by atoms with Crippen molar-refractivity contribution in [3.8, 4) is 0 Å². The van der Waals surface area contributed by atoms with Crippen molar-refractivity contribution in [3.05, 3.63) is 0 Å². The predicted molar refractivity (Wildman–Crippen MR) is 12.4 cm³/mol. The Morgan fingerprint density at radius 2 is 1.00 bits per heavy atom. The summed E-state index contributed by atoms with van der Waals surface area (Å²) in [5.41, 5.74) is 0. The van der Waals surface area contributed by atoms with Crippen LogP contribution >= 0.6 is 0 Å². The van der Waals surface area contributed by atoms with Crippen LogP contribution in [0.5, 0.6) is 0 Å². The molecule has 0 aliphatic heterocycles. The van der Waals surface area contributed by atoms with Crippen LogP contribution in [0.25, 0.3) is 0 Å². The Kier molecular flexibility index (Phi) is 18.2. The molecule has 36 valence electrons. The summed E-state index contributed by atoms with van der Waals surface area (Å²) in [7, 11) is -6.00. The van der Waals surface area contributed by atoms with Crippen LogP contribution in [0.15, 0.2) is 0 Å². The van der Waals surface area contributed by atoms with E-state index in [1.165, 1.54) is 0 Å². The van der Waals surface area contributed by atoms with Crippen LogP contribution in [0.4, 0.5) is 17.3 Å². The summed E-state index contributed by atoms with van der Waals surface area (Å²) >= 11 is 0. The fourth-order valence-corrected chi connectivity index (χ4v) is 0. The second-order valence-electron chi connectivity index (χ2n) is 0.495. The molecule has 0 fully saturated rings. The zero-order valence-electron chi connectivity index (χ0n) is 6.09. The van der Waals surface area contributed by atoms with Crippen LogP contribution in [0, 0.1) is 0 Å². The van der Waals surface area contributed by atoms with E-state index < -0.39 is 7.25 Å². The molecular formula is H2BCsF4K-. The molecule has 7 heteroatoms. The van der Waals surface area contributed by atoms with Crippen LogP contribution in [0.1, 0.15) is 2.85 Å². The Morgan fingerprint density at radius 3 is 1.00 bits per heavy atom. The van der Waals surface area contributed by atoms with E-state index in [2.05, 4.69) is 0 Å². The van der Waals surface area contributed by atoms with Crippen molar-refractivity contribution in [1.82, 2.24) is 0 Å². The van der Waals surface area contributed by atoms with E-state index >= 15 is 0 Å².